The predicted octanol–water partition coefficient (Wildman–Crippen LogP) is 4.18. The largest absolute Gasteiger partial charge is 0.354 e. The first-order chi connectivity index (χ1) is 13.7. The number of rotatable bonds is 4. The second-order valence-corrected chi connectivity index (χ2v) is 10.2. The highest BCUT2D eigenvalue weighted by atomic mass is 79.9. The number of nitrogens with zero attached hydrogens (tertiary/aromatic N) is 4. The average molecular weight is 479 g/mol. The van der Waals surface area contributed by atoms with Gasteiger partial charge in [-0.15, -0.1) is 10.2 Å². The average Bonchev–Trinajstić information content (AvgIpc) is 2.76. The van der Waals surface area contributed by atoms with Crippen LogP contribution in [0.5, 0.6) is 0 Å². The molecule has 28 heavy (non-hydrogen) atoms. The van der Waals surface area contributed by atoms with E-state index in [2.05, 4.69) is 43.2 Å². The number of hydrogen-bond acceptors (Lipinski definition) is 6. The Bertz CT molecular complexity index is 797. The van der Waals surface area contributed by atoms with E-state index in [-0.39, 0.29) is 5.92 Å². The molecule has 2 aliphatic heterocycles. The molecule has 8 heteroatoms. The van der Waals surface area contributed by atoms with Crippen molar-refractivity contribution in [2.75, 3.05) is 42.6 Å². The summed E-state index contributed by atoms with van der Waals surface area (Å²) in [5.74, 6) is 3.39. The van der Waals surface area contributed by atoms with Crippen molar-refractivity contribution >= 4 is 51.2 Å². The molecule has 4 rings (SSSR count). The van der Waals surface area contributed by atoms with Gasteiger partial charge in [-0.3, -0.25) is 4.79 Å². The first-order valence-corrected chi connectivity index (χ1v) is 12.3. The Kier molecular flexibility index (Phi) is 6.80. The number of aromatic nitrogens is 2. The molecule has 2 aliphatic rings. The Morgan fingerprint density at radius 2 is 1.86 bits per heavy atom. The van der Waals surface area contributed by atoms with E-state index in [1.807, 2.05) is 40.9 Å². The molecular formula is C20H23BrN4OS2. The highest BCUT2D eigenvalue weighted by Gasteiger charge is 2.30. The Labute approximate surface area is 182 Å². The Hall–Kier alpha value is -1.25. The van der Waals surface area contributed by atoms with Gasteiger partial charge in [-0.25, -0.2) is 0 Å². The van der Waals surface area contributed by atoms with Gasteiger partial charge in [0.25, 0.3) is 0 Å². The van der Waals surface area contributed by atoms with Crippen molar-refractivity contribution in [1.82, 2.24) is 15.1 Å². The summed E-state index contributed by atoms with van der Waals surface area (Å²) >= 11 is 6.99. The van der Waals surface area contributed by atoms with E-state index < -0.39 is 0 Å². The number of hydrogen-bond donors (Lipinski definition) is 0. The molecule has 0 saturated carbocycles. The van der Waals surface area contributed by atoms with Crippen LogP contribution in [-0.4, -0.2) is 58.7 Å². The predicted molar refractivity (Wildman–Crippen MR) is 119 cm³/mol. The molecule has 1 aromatic carbocycles. The summed E-state index contributed by atoms with van der Waals surface area (Å²) in [6.07, 6.45) is 2.00. The van der Waals surface area contributed by atoms with E-state index in [4.69, 9.17) is 0 Å². The molecule has 0 aliphatic carbocycles. The summed E-state index contributed by atoms with van der Waals surface area (Å²) in [7, 11) is 0. The van der Waals surface area contributed by atoms with Gasteiger partial charge in [0.15, 0.2) is 5.82 Å². The van der Waals surface area contributed by atoms with Crippen molar-refractivity contribution in [2.45, 2.75) is 22.8 Å². The lowest BCUT2D eigenvalue weighted by Gasteiger charge is -2.36. The number of thioether (sulfide) groups is 1. The Morgan fingerprint density at radius 1 is 1.07 bits per heavy atom. The highest BCUT2D eigenvalue weighted by Crippen LogP contribution is 2.29. The molecule has 0 N–H and O–H groups in total. The van der Waals surface area contributed by atoms with E-state index in [0.717, 1.165) is 70.7 Å². The number of halogens is 1. The number of carbonyl (C=O) groups is 1. The number of amides is 1. The van der Waals surface area contributed by atoms with Crippen LogP contribution in [0.4, 0.5) is 5.82 Å². The van der Waals surface area contributed by atoms with Crippen molar-refractivity contribution in [3.8, 4) is 0 Å². The fraction of sp³-hybridized carbons (Fsp3) is 0.450. The molecule has 5 nitrogen and oxygen atoms in total. The maximum atomic E-state index is 12.9. The molecule has 0 radical (unpaired) electrons. The summed E-state index contributed by atoms with van der Waals surface area (Å²) in [6.45, 7) is 3.47. The fourth-order valence-electron chi connectivity index (χ4n) is 3.59. The molecule has 0 spiro atoms. The number of benzene rings is 1. The van der Waals surface area contributed by atoms with Gasteiger partial charge < -0.3 is 9.80 Å². The molecule has 2 fully saturated rings. The van der Waals surface area contributed by atoms with E-state index in [9.17, 15) is 4.79 Å². The summed E-state index contributed by atoms with van der Waals surface area (Å²) < 4.78 is 1.07. The Morgan fingerprint density at radius 3 is 2.57 bits per heavy atom. The van der Waals surface area contributed by atoms with Crippen LogP contribution in [0, 0.1) is 5.92 Å². The fourth-order valence-corrected chi connectivity index (χ4v) is 5.49. The quantitative estimate of drug-likeness (QED) is 0.656. The third kappa shape index (κ3) is 5.02. The van der Waals surface area contributed by atoms with Crippen molar-refractivity contribution in [2.24, 2.45) is 5.92 Å². The van der Waals surface area contributed by atoms with Crippen molar-refractivity contribution in [3.63, 3.8) is 0 Å². The first-order valence-electron chi connectivity index (χ1n) is 9.58. The minimum atomic E-state index is 0.0791. The lowest BCUT2D eigenvalue weighted by Crippen LogP contribution is -2.47. The molecule has 1 amide bonds. The lowest BCUT2D eigenvalue weighted by molar-refractivity contribution is -0.135. The van der Waals surface area contributed by atoms with Crippen LogP contribution >= 0.6 is 39.5 Å². The minimum Gasteiger partial charge on any atom is -0.354 e. The normalized spacial score (nSPS) is 20.2. The van der Waals surface area contributed by atoms with E-state index in [0.29, 0.717) is 5.91 Å². The van der Waals surface area contributed by atoms with Gasteiger partial charge in [-0.05, 0) is 49.2 Å². The molecule has 1 aromatic heterocycles. The molecule has 0 bridgehead atoms. The zero-order valence-corrected chi connectivity index (χ0v) is 18.8. The van der Waals surface area contributed by atoms with Gasteiger partial charge in [0.2, 0.25) is 5.91 Å². The first kappa shape index (κ1) is 20.0. The third-order valence-corrected chi connectivity index (χ3v) is 7.49. The van der Waals surface area contributed by atoms with Gasteiger partial charge in [-0.1, -0.05) is 27.7 Å². The second-order valence-electron chi connectivity index (χ2n) is 7.01. The van der Waals surface area contributed by atoms with E-state index in [1.54, 1.807) is 11.8 Å². The second kappa shape index (κ2) is 9.50. The standard InChI is InChI=1S/C20H23BrN4OS2/c21-16-3-5-17(6-4-16)28-19-8-7-18(22-23-19)25-9-1-2-15(14-25)20(26)24-10-12-27-13-11-24/h3-8,15H,1-2,9-14H2. The summed E-state index contributed by atoms with van der Waals surface area (Å²) in [5.41, 5.74) is 0. The van der Waals surface area contributed by atoms with Crippen molar-refractivity contribution in [1.29, 1.82) is 0 Å². The highest BCUT2D eigenvalue weighted by molar-refractivity contribution is 9.10. The maximum Gasteiger partial charge on any atom is 0.227 e. The van der Waals surface area contributed by atoms with Crippen LogP contribution in [0.3, 0.4) is 0 Å². The van der Waals surface area contributed by atoms with Crippen LogP contribution in [0.15, 0.2) is 50.8 Å². The third-order valence-electron chi connectivity index (χ3n) is 5.08. The van der Waals surface area contributed by atoms with Gasteiger partial charge >= 0.3 is 0 Å². The zero-order chi connectivity index (χ0) is 19.3. The van der Waals surface area contributed by atoms with Crippen LogP contribution in [0.25, 0.3) is 0 Å². The molecule has 2 aromatic rings. The molecular weight excluding hydrogens is 456 g/mol. The Balaban J connectivity index is 1.38. The summed E-state index contributed by atoms with van der Waals surface area (Å²) in [4.78, 5) is 18.3. The van der Waals surface area contributed by atoms with Crippen molar-refractivity contribution < 1.29 is 4.79 Å². The summed E-state index contributed by atoms with van der Waals surface area (Å²) in [5, 5.41) is 9.71. The van der Waals surface area contributed by atoms with Crippen LogP contribution in [0.2, 0.25) is 0 Å². The SMILES string of the molecule is O=C(C1CCCN(c2ccc(Sc3ccc(Br)cc3)nn2)C1)N1CCSCC1. The molecule has 148 valence electrons. The molecule has 3 heterocycles. The van der Waals surface area contributed by atoms with Gasteiger partial charge in [-0.2, -0.15) is 11.8 Å². The van der Waals surface area contributed by atoms with Gasteiger partial charge in [0, 0.05) is 47.1 Å². The van der Waals surface area contributed by atoms with Crippen LogP contribution in [0.1, 0.15) is 12.8 Å². The molecule has 1 unspecified atom stereocenters. The van der Waals surface area contributed by atoms with E-state index in [1.165, 1.54) is 0 Å². The number of anilines is 1. The maximum absolute atomic E-state index is 12.9. The molecule has 2 saturated heterocycles. The van der Waals surface area contributed by atoms with Gasteiger partial charge in [0.05, 0.1) is 5.92 Å². The van der Waals surface area contributed by atoms with E-state index >= 15 is 0 Å². The van der Waals surface area contributed by atoms with Crippen LogP contribution in [-0.2, 0) is 4.79 Å². The number of piperidine rings is 1. The topological polar surface area (TPSA) is 49.3 Å². The van der Waals surface area contributed by atoms with Gasteiger partial charge in [0.1, 0.15) is 5.03 Å². The summed E-state index contributed by atoms with van der Waals surface area (Å²) in [6, 6.07) is 12.2. The molecule has 1 atom stereocenters. The number of carbonyl (C=O) groups excluding carboxylic acids is 1. The monoisotopic (exact) mass is 478 g/mol. The lowest BCUT2D eigenvalue weighted by atomic mass is 9.96. The zero-order valence-electron chi connectivity index (χ0n) is 15.6. The van der Waals surface area contributed by atoms with Crippen LogP contribution < -0.4 is 4.90 Å². The van der Waals surface area contributed by atoms with Crippen molar-refractivity contribution in [3.05, 3.63) is 40.9 Å². The smallest absolute Gasteiger partial charge is 0.227 e. The minimum absolute atomic E-state index is 0.0791.